The largest absolute Gasteiger partial charge is 0.573 e. The molecule has 2 aromatic rings. The van der Waals surface area contributed by atoms with Crippen molar-refractivity contribution < 1.29 is 17.9 Å². The van der Waals surface area contributed by atoms with E-state index in [-0.39, 0.29) is 11.4 Å². The lowest BCUT2D eigenvalue weighted by Gasteiger charge is -2.12. The molecule has 0 aliphatic carbocycles. The minimum Gasteiger partial charge on any atom is -0.404 e. The summed E-state index contributed by atoms with van der Waals surface area (Å²) in [6.45, 7) is 0. The second-order valence-corrected chi connectivity index (χ2v) is 4.09. The Balaban J connectivity index is 2.36. The van der Waals surface area contributed by atoms with Gasteiger partial charge in [0.05, 0.1) is 5.69 Å². The van der Waals surface area contributed by atoms with Crippen LogP contribution in [-0.4, -0.2) is 6.36 Å². The van der Waals surface area contributed by atoms with E-state index in [1.54, 1.807) is 6.07 Å². The predicted molar refractivity (Wildman–Crippen MR) is 60.9 cm³/mol. The molecule has 0 saturated heterocycles. The summed E-state index contributed by atoms with van der Waals surface area (Å²) in [6, 6.07) is 6.15. The van der Waals surface area contributed by atoms with Crippen molar-refractivity contribution in [1.82, 2.24) is 0 Å². The summed E-state index contributed by atoms with van der Waals surface area (Å²) >= 11 is 1.46. The maximum Gasteiger partial charge on any atom is 0.573 e. The van der Waals surface area contributed by atoms with E-state index in [1.807, 2.05) is 16.8 Å². The Kier molecular flexibility index (Phi) is 2.97. The molecule has 1 aromatic heterocycles. The molecule has 0 unspecified atom stereocenters. The van der Waals surface area contributed by atoms with Crippen molar-refractivity contribution in [1.29, 1.82) is 0 Å². The van der Waals surface area contributed by atoms with Gasteiger partial charge in [-0.25, -0.2) is 0 Å². The van der Waals surface area contributed by atoms with Crippen LogP contribution in [0.3, 0.4) is 0 Å². The van der Waals surface area contributed by atoms with Gasteiger partial charge in [-0.15, -0.1) is 13.2 Å². The minimum atomic E-state index is -4.73. The van der Waals surface area contributed by atoms with Crippen LogP contribution in [0, 0.1) is 0 Å². The lowest BCUT2D eigenvalue weighted by atomic mass is 10.1. The first kappa shape index (κ1) is 11.8. The van der Waals surface area contributed by atoms with Gasteiger partial charge in [-0.05, 0) is 40.1 Å². The topological polar surface area (TPSA) is 35.2 Å². The van der Waals surface area contributed by atoms with Crippen LogP contribution in [0.25, 0.3) is 11.1 Å². The first-order valence-electron chi connectivity index (χ1n) is 4.63. The van der Waals surface area contributed by atoms with Crippen molar-refractivity contribution in [2.24, 2.45) is 0 Å². The minimum absolute atomic E-state index is 0.0405. The van der Waals surface area contributed by atoms with Crippen LogP contribution in [0.2, 0.25) is 0 Å². The molecule has 0 atom stereocenters. The molecule has 0 aliphatic rings. The van der Waals surface area contributed by atoms with Gasteiger partial charge in [-0.3, -0.25) is 0 Å². The smallest absolute Gasteiger partial charge is 0.404 e. The summed E-state index contributed by atoms with van der Waals surface area (Å²) in [7, 11) is 0. The van der Waals surface area contributed by atoms with Crippen LogP contribution in [0.1, 0.15) is 0 Å². The molecule has 2 rings (SSSR count). The molecule has 0 spiro atoms. The molecule has 0 amide bonds. The average molecular weight is 259 g/mol. The highest BCUT2D eigenvalue weighted by molar-refractivity contribution is 7.08. The van der Waals surface area contributed by atoms with Gasteiger partial charge in [0.2, 0.25) is 0 Å². The quantitative estimate of drug-likeness (QED) is 0.830. The van der Waals surface area contributed by atoms with Crippen LogP contribution in [0.4, 0.5) is 18.9 Å². The monoisotopic (exact) mass is 259 g/mol. The van der Waals surface area contributed by atoms with Crippen molar-refractivity contribution in [3.63, 3.8) is 0 Å². The fourth-order valence-electron chi connectivity index (χ4n) is 1.36. The molecule has 1 heterocycles. The van der Waals surface area contributed by atoms with E-state index in [4.69, 9.17) is 5.73 Å². The van der Waals surface area contributed by atoms with Crippen LogP contribution in [0.5, 0.6) is 5.75 Å². The van der Waals surface area contributed by atoms with E-state index in [9.17, 15) is 13.2 Å². The number of benzene rings is 1. The number of anilines is 1. The molecule has 0 aliphatic heterocycles. The van der Waals surface area contributed by atoms with Crippen LogP contribution < -0.4 is 10.5 Å². The van der Waals surface area contributed by atoms with Gasteiger partial charge in [0.15, 0.2) is 5.75 Å². The lowest BCUT2D eigenvalue weighted by Crippen LogP contribution is -2.18. The molecule has 0 saturated carbocycles. The second kappa shape index (κ2) is 4.29. The van der Waals surface area contributed by atoms with Gasteiger partial charge < -0.3 is 10.5 Å². The number of hydrogen-bond donors (Lipinski definition) is 1. The molecular weight excluding hydrogens is 251 g/mol. The van der Waals surface area contributed by atoms with Gasteiger partial charge in [-0.2, -0.15) is 11.3 Å². The van der Waals surface area contributed by atoms with E-state index >= 15 is 0 Å². The SMILES string of the molecule is Nc1ccc(-c2ccsc2)cc1OC(F)(F)F. The molecular formula is C11H8F3NOS. The third-order valence-corrected chi connectivity index (χ3v) is 2.78. The fraction of sp³-hybridized carbons (Fsp3) is 0.0909. The summed E-state index contributed by atoms with van der Waals surface area (Å²) in [5.41, 5.74) is 6.86. The number of nitrogen functional groups attached to an aromatic ring is 1. The molecule has 0 bridgehead atoms. The third kappa shape index (κ3) is 2.91. The number of ether oxygens (including phenoxy) is 1. The number of thiophene rings is 1. The van der Waals surface area contributed by atoms with Crippen LogP contribution >= 0.6 is 11.3 Å². The summed E-state index contributed by atoms with van der Waals surface area (Å²) in [6.07, 6.45) is -4.73. The Hall–Kier alpha value is -1.69. The third-order valence-electron chi connectivity index (χ3n) is 2.09. The molecule has 17 heavy (non-hydrogen) atoms. The van der Waals surface area contributed by atoms with Crippen LogP contribution in [-0.2, 0) is 0 Å². The van der Waals surface area contributed by atoms with E-state index in [1.165, 1.54) is 23.5 Å². The highest BCUT2D eigenvalue weighted by Gasteiger charge is 2.32. The molecule has 6 heteroatoms. The van der Waals surface area contributed by atoms with E-state index in [0.29, 0.717) is 5.56 Å². The van der Waals surface area contributed by atoms with Gasteiger partial charge in [0, 0.05) is 0 Å². The van der Waals surface area contributed by atoms with Crippen molar-refractivity contribution in [3.8, 4) is 16.9 Å². The number of alkyl halides is 3. The Morgan fingerprint density at radius 1 is 1.12 bits per heavy atom. The zero-order chi connectivity index (χ0) is 12.5. The van der Waals surface area contributed by atoms with Gasteiger partial charge in [0.25, 0.3) is 0 Å². The van der Waals surface area contributed by atoms with Crippen LogP contribution in [0.15, 0.2) is 35.0 Å². The molecule has 0 fully saturated rings. The number of rotatable bonds is 2. The first-order valence-corrected chi connectivity index (χ1v) is 5.58. The standard InChI is InChI=1S/C11H8F3NOS/c12-11(13,14)16-10-5-7(1-2-9(10)15)8-3-4-17-6-8/h1-6H,15H2. The molecule has 90 valence electrons. The maximum atomic E-state index is 12.1. The zero-order valence-electron chi connectivity index (χ0n) is 8.49. The molecule has 0 radical (unpaired) electrons. The van der Waals surface area contributed by atoms with Crippen molar-refractivity contribution >= 4 is 17.0 Å². The maximum absolute atomic E-state index is 12.1. The van der Waals surface area contributed by atoms with Crippen molar-refractivity contribution in [2.45, 2.75) is 6.36 Å². The number of nitrogens with two attached hydrogens (primary N) is 1. The second-order valence-electron chi connectivity index (χ2n) is 3.31. The number of halogens is 3. The van der Waals surface area contributed by atoms with Gasteiger partial charge in [-0.1, -0.05) is 6.07 Å². The molecule has 2 nitrogen and oxygen atoms in total. The predicted octanol–water partition coefficient (Wildman–Crippen LogP) is 3.90. The highest BCUT2D eigenvalue weighted by atomic mass is 32.1. The van der Waals surface area contributed by atoms with Crippen molar-refractivity contribution in [2.75, 3.05) is 5.73 Å². The Labute approximate surface area is 99.4 Å². The zero-order valence-corrected chi connectivity index (χ0v) is 9.31. The molecule has 1 aromatic carbocycles. The van der Waals surface area contributed by atoms with Crippen molar-refractivity contribution in [3.05, 3.63) is 35.0 Å². The van der Waals surface area contributed by atoms with E-state index < -0.39 is 6.36 Å². The summed E-state index contributed by atoms with van der Waals surface area (Å²) in [4.78, 5) is 0. The normalized spacial score (nSPS) is 11.5. The van der Waals surface area contributed by atoms with Gasteiger partial charge >= 0.3 is 6.36 Å². The number of hydrogen-bond acceptors (Lipinski definition) is 3. The summed E-state index contributed by atoms with van der Waals surface area (Å²) in [5, 5.41) is 3.68. The Bertz CT molecular complexity index is 508. The van der Waals surface area contributed by atoms with Gasteiger partial charge in [0.1, 0.15) is 0 Å². The lowest BCUT2D eigenvalue weighted by molar-refractivity contribution is -0.274. The van der Waals surface area contributed by atoms with E-state index in [0.717, 1.165) is 5.56 Å². The first-order chi connectivity index (χ1) is 7.96. The summed E-state index contributed by atoms with van der Waals surface area (Å²) in [5.74, 6) is -0.374. The Morgan fingerprint density at radius 2 is 1.88 bits per heavy atom. The molecule has 2 N–H and O–H groups in total. The fourth-order valence-corrected chi connectivity index (χ4v) is 2.02. The van der Waals surface area contributed by atoms with E-state index in [2.05, 4.69) is 4.74 Å². The highest BCUT2D eigenvalue weighted by Crippen LogP contribution is 2.33. The summed E-state index contributed by atoms with van der Waals surface area (Å²) < 4.78 is 40.2. The Morgan fingerprint density at radius 3 is 2.47 bits per heavy atom. The average Bonchev–Trinajstić information content (AvgIpc) is 2.72.